The number of amides is 1. The predicted molar refractivity (Wildman–Crippen MR) is 135 cm³/mol. The normalized spacial score (nSPS) is 16.5. The van der Waals surface area contributed by atoms with Crippen LogP contribution in [0.5, 0.6) is 5.75 Å². The molecule has 2 aromatic heterocycles. The summed E-state index contributed by atoms with van der Waals surface area (Å²) in [5.74, 6) is 0.402. The Morgan fingerprint density at radius 3 is 2.97 bits per heavy atom. The number of fused-ring (bicyclic) bond motifs is 1. The van der Waals surface area contributed by atoms with E-state index in [0.717, 1.165) is 36.6 Å². The van der Waals surface area contributed by atoms with E-state index in [9.17, 15) is 14.3 Å². The number of hydrogen-bond donors (Lipinski definition) is 3. The minimum absolute atomic E-state index is 0.00447. The van der Waals surface area contributed by atoms with Crippen LogP contribution in [0.3, 0.4) is 0 Å². The number of aliphatic hydroxyl groups excluding tert-OH is 1. The Hall–Kier alpha value is -3.21. The second-order valence-corrected chi connectivity index (χ2v) is 9.82. The molecule has 3 heterocycles. The van der Waals surface area contributed by atoms with Crippen molar-refractivity contribution in [2.45, 2.75) is 51.0 Å². The number of ether oxygens (including phenoxy) is 1. The molecule has 196 valence electrons. The van der Waals surface area contributed by atoms with Gasteiger partial charge in [-0.1, -0.05) is 17.7 Å². The van der Waals surface area contributed by atoms with Gasteiger partial charge in [0.25, 0.3) is 5.91 Å². The van der Waals surface area contributed by atoms with Crippen molar-refractivity contribution in [3.63, 3.8) is 0 Å². The smallest absolute Gasteiger partial charge is 0.254 e. The SMILES string of the molecule is O=C(NC[C@H](O)CN1CCc2c(ccc(OCc3cnco3)c2Cl)C1)c1cc(NC2CCC2)ncc1F. The Labute approximate surface area is 219 Å². The standard InChI is InChI=1S/C26H29ClFN5O4/c27-25-20-6-7-33(12-16(20)4-5-23(25)36-14-19-10-29-15-37-19)13-18(34)9-31-26(35)21-8-24(30-11-22(21)28)32-17-2-1-3-17/h4-5,8,10-11,15,17-18,34H,1-3,6-7,9,12-14H2,(H,30,32)(H,31,35)/t18-/m0/s1. The van der Waals surface area contributed by atoms with E-state index in [0.29, 0.717) is 54.4 Å². The fourth-order valence-electron chi connectivity index (χ4n) is 4.50. The van der Waals surface area contributed by atoms with Crippen LogP contribution in [-0.2, 0) is 19.6 Å². The molecule has 1 aliphatic heterocycles. The van der Waals surface area contributed by atoms with E-state index in [1.165, 1.54) is 12.5 Å². The van der Waals surface area contributed by atoms with Crippen molar-refractivity contribution in [2.75, 3.05) is 25.0 Å². The van der Waals surface area contributed by atoms with Crippen molar-refractivity contribution in [3.05, 3.63) is 70.3 Å². The van der Waals surface area contributed by atoms with Gasteiger partial charge in [-0.15, -0.1) is 0 Å². The summed E-state index contributed by atoms with van der Waals surface area (Å²) in [6.45, 7) is 1.90. The summed E-state index contributed by atoms with van der Waals surface area (Å²) < 4.78 is 25.2. The number of aliphatic hydroxyl groups is 1. The summed E-state index contributed by atoms with van der Waals surface area (Å²) in [4.78, 5) is 22.6. The van der Waals surface area contributed by atoms with Gasteiger partial charge >= 0.3 is 0 Å². The first kappa shape index (κ1) is 25.4. The molecule has 9 nitrogen and oxygen atoms in total. The largest absolute Gasteiger partial charge is 0.484 e. The van der Waals surface area contributed by atoms with Crippen LogP contribution < -0.4 is 15.4 Å². The minimum Gasteiger partial charge on any atom is -0.484 e. The number of benzene rings is 1. The molecule has 5 rings (SSSR count). The van der Waals surface area contributed by atoms with Crippen LogP contribution in [0.2, 0.25) is 5.02 Å². The van der Waals surface area contributed by atoms with Crippen LogP contribution in [0.1, 0.15) is 46.5 Å². The van der Waals surface area contributed by atoms with Crippen molar-refractivity contribution < 1.29 is 23.4 Å². The first-order chi connectivity index (χ1) is 18.0. The fourth-order valence-corrected chi connectivity index (χ4v) is 4.83. The summed E-state index contributed by atoms with van der Waals surface area (Å²) in [5, 5.41) is 17.0. The summed E-state index contributed by atoms with van der Waals surface area (Å²) in [6.07, 6.45) is 7.11. The van der Waals surface area contributed by atoms with Gasteiger partial charge in [-0.05, 0) is 48.9 Å². The zero-order valence-electron chi connectivity index (χ0n) is 20.3. The molecule has 0 spiro atoms. The molecule has 1 fully saturated rings. The van der Waals surface area contributed by atoms with Crippen molar-refractivity contribution in [1.82, 2.24) is 20.2 Å². The van der Waals surface area contributed by atoms with Crippen LogP contribution in [0.4, 0.5) is 10.2 Å². The number of aromatic nitrogens is 2. The van der Waals surface area contributed by atoms with Gasteiger partial charge in [0.2, 0.25) is 0 Å². The Morgan fingerprint density at radius 2 is 2.22 bits per heavy atom. The number of oxazole rings is 1. The number of carbonyl (C=O) groups excluding carboxylic acids is 1. The number of carbonyl (C=O) groups is 1. The third kappa shape index (κ3) is 6.20. The molecule has 1 saturated carbocycles. The lowest BCUT2D eigenvalue weighted by Crippen LogP contribution is -2.42. The lowest BCUT2D eigenvalue weighted by molar-refractivity contribution is 0.0838. The van der Waals surface area contributed by atoms with Gasteiger partial charge in [0.15, 0.2) is 18.0 Å². The molecule has 0 saturated heterocycles. The fraction of sp³-hybridized carbons (Fsp3) is 0.423. The van der Waals surface area contributed by atoms with Crippen LogP contribution in [0.25, 0.3) is 0 Å². The zero-order valence-corrected chi connectivity index (χ0v) is 21.0. The van der Waals surface area contributed by atoms with Crippen LogP contribution in [0.15, 0.2) is 41.4 Å². The first-order valence-corrected chi connectivity index (χ1v) is 12.7. The van der Waals surface area contributed by atoms with Crippen LogP contribution >= 0.6 is 11.6 Å². The quantitative estimate of drug-likeness (QED) is 0.365. The Morgan fingerprint density at radius 1 is 1.35 bits per heavy atom. The van der Waals surface area contributed by atoms with Gasteiger partial charge < -0.3 is 24.9 Å². The van der Waals surface area contributed by atoms with Crippen LogP contribution in [0, 0.1) is 5.82 Å². The van der Waals surface area contributed by atoms with E-state index >= 15 is 0 Å². The molecule has 1 aliphatic carbocycles. The average Bonchev–Trinajstić information content (AvgIpc) is 3.39. The lowest BCUT2D eigenvalue weighted by Gasteiger charge is -2.31. The number of β-amino-alcohol motifs (C(OH)–C–C–N with tert-alkyl or cyclic N) is 1. The first-order valence-electron chi connectivity index (χ1n) is 12.4. The van der Waals surface area contributed by atoms with E-state index in [1.807, 2.05) is 12.1 Å². The summed E-state index contributed by atoms with van der Waals surface area (Å²) in [5.41, 5.74) is 1.99. The van der Waals surface area contributed by atoms with Gasteiger partial charge in [0.1, 0.15) is 18.2 Å². The maximum atomic E-state index is 14.2. The molecule has 2 aliphatic rings. The molecule has 1 amide bonds. The highest BCUT2D eigenvalue weighted by molar-refractivity contribution is 6.33. The number of halogens is 2. The van der Waals surface area contributed by atoms with E-state index in [2.05, 4.69) is 25.5 Å². The highest BCUT2D eigenvalue weighted by Gasteiger charge is 2.24. The maximum absolute atomic E-state index is 14.2. The van der Waals surface area contributed by atoms with Gasteiger partial charge in [0.05, 0.1) is 29.1 Å². The highest BCUT2D eigenvalue weighted by Crippen LogP contribution is 2.34. The van der Waals surface area contributed by atoms with Crippen molar-refractivity contribution in [1.29, 1.82) is 0 Å². The number of nitrogens with zero attached hydrogens (tertiary/aromatic N) is 3. The topological polar surface area (TPSA) is 113 Å². The molecule has 1 aromatic carbocycles. The van der Waals surface area contributed by atoms with Gasteiger partial charge in [0, 0.05) is 32.2 Å². The Balaban J connectivity index is 1.12. The highest BCUT2D eigenvalue weighted by atomic mass is 35.5. The summed E-state index contributed by atoms with van der Waals surface area (Å²) in [7, 11) is 0. The lowest BCUT2D eigenvalue weighted by atomic mass is 9.93. The average molecular weight is 530 g/mol. The third-order valence-corrected chi connectivity index (χ3v) is 7.17. The number of nitrogens with one attached hydrogen (secondary N) is 2. The maximum Gasteiger partial charge on any atom is 0.254 e. The zero-order chi connectivity index (χ0) is 25.8. The second-order valence-electron chi connectivity index (χ2n) is 9.44. The number of hydrogen-bond acceptors (Lipinski definition) is 8. The second kappa shape index (κ2) is 11.5. The number of rotatable bonds is 10. The van der Waals surface area contributed by atoms with Crippen molar-refractivity contribution >= 4 is 23.3 Å². The molecule has 0 bridgehead atoms. The molecule has 0 radical (unpaired) electrons. The van der Waals surface area contributed by atoms with Crippen molar-refractivity contribution in [2.24, 2.45) is 0 Å². The van der Waals surface area contributed by atoms with Crippen molar-refractivity contribution in [3.8, 4) is 5.75 Å². The molecule has 37 heavy (non-hydrogen) atoms. The molecule has 11 heteroatoms. The summed E-state index contributed by atoms with van der Waals surface area (Å²) >= 11 is 6.60. The molecule has 0 unspecified atom stereocenters. The molecular weight excluding hydrogens is 501 g/mol. The van der Waals surface area contributed by atoms with Gasteiger partial charge in [-0.2, -0.15) is 0 Å². The summed E-state index contributed by atoms with van der Waals surface area (Å²) in [6, 6.07) is 5.54. The van der Waals surface area contributed by atoms with E-state index in [-0.39, 0.29) is 18.7 Å². The molecule has 3 N–H and O–H groups in total. The Bertz CT molecular complexity index is 1240. The van der Waals surface area contributed by atoms with E-state index in [4.69, 9.17) is 20.8 Å². The number of pyridine rings is 1. The molecular formula is C26H29ClFN5O4. The Kier molecular flexibility index (Phi) is 7.87. The van der Waals surface area contributed by atoms with Gasteiger partial charge in [-0.3, -0.25) is 9.69 Å². The molecule has 3 aromatic rings. The van der Waals surface area contributed by atoms with Crippen LogP contribution in [-0.4, -0.2) is 57.7 Å². The van der Waals surface area contributed by atoms with E-state index in [1.54, 1.807) is 6.20 Å². The molecule has 1 atom stereocenters. The third-order valence-electron chi connectivity index (χ3n) is 6.75. The monoisotopic (exact) mass is 529 g/mol. The van der Waals surface area contributed by atoms with Gasteiger partial charge in [-0.25, -0.2) is 14.4 Å². The predicted octanol–water partition coefficient (Wildman–Crippen LogP) is 3.55. The van der Waals surface area contributed by atoms with E-state index < -0.39 is 17.8 Å². The number of anilines is 1. The minimum atomic E-state index is -0.817.